The molecule has 17 heteroatoms. The molecule has 4 rings (SSSR count). The van der Waals surface area contributed by atoms with Gasteiger partial charge < -0.3 is 29.7 Å². The standard InChI is InChI=1S/C26H26N6O7S2.2Na/c1-32(15-16-33)26-30-24(27-19-10-3-2-4-11-19)29-25(31-26)28-21(20-12-6-8-14-23(20)41(37,38)39)17-18-9-5-7-13-22(18)40(34,35)36;;/h2-14,17,33H,15-16H2,1H3,(H,34,35,36)(H,37,38,39)(H2,27,28,29,30,31);;/q;2*+1/p-2. The summed E-state index contributed by atoms with van der Waals surface area (Å²) in [5, 5.41) is 15.3. The van der Waals surface area contributed by atoms with Crippen LogP contribution in [0.2, 0.25) is 0 Å². The molecular weight excluding hydrogens is 618 g/mol. The number of anilines is 4. The van der Waals surface area contributed by atoms with Crippen LogP contribution in [0, 0.1) is 0 Å². The minimum absolute atomic E-state index is 0. The van der Waals surface area contributed by atoms with Crippen molar-refractivity contribution in [3.05, 3.63) is 90.0 Å². The zero-order valence-electron chi connectivity index (χ0n) is 23.5. The Kier molecular flexibility index (Phi) is 13.7. The van der Waals surface area contributed by atoms with Crippen molar-refractivity contribution in [1.29, 1.82) is 0 Å². The Labute approximate surface area is 293 Å². The van der Waals surface area contributed by atoms with Crippen molar-refractivity contribution in [3.63, 3.8) is 0 Å². The van der Waals surface area contributed by atoms with Crippen LogP contribution in [0.3, 0.4) is 0 Å². The molecular formula is C26H24N6Na2O7S2. The van der Waals surface area contributed by atoms with Crippen molar-refractivity contribution in [3.8, 4) is 0 Å². The number of benzene rings is 3. The number of para-hydroxylation sites is 1. The molecule has 0 saturated carbocycles. The van der Waals surface area contributed by atoms with Crippen molar-refractivity contribution >= 4 is 55.5 Å². The molecule has 0 radical (unpaired) electrons. The van der Waals surface area contributed by atoms with Gasteiger partial charge in [0.2, 0.25) is 17.8 Å². The van der Waals surface area contributed by atoms with E-state index in [-0.39, 0.29) is 107 Å². The summed E-state index contributed by atoms with van der Waals surface area (Å²) in [4.78, 5) is 13.5. The molecule has 0 saturated heterocycles. The molecule has 4 aromatic rings. The third-order valence-electron chi connectivity index (χ3n) is 5.61. The summed E-state index contributed by atoms with van der Waals surface area (Å²) in [5.74, 6) is 0.0896. The van der Waals surface area contributed by atoms with Crippen LogP contribution in [0.5, 0.6) is 0 Å². The number of hydrogen-bond donors (Lipinski definition) is 3. The first kappa shape index (κ1) is 36.8. The van der Waals surface area contributed by atoms with Gasteiger partial charge in [0.05, 0.1) is 22.1 Å². The summed E-state index contributed by atoms with van der Waals surface area (Å²) in [7, 11) is -8.28. The summed E-state index contributed by atoms with van der Waals surface area (Å²) in [6, 6.07) is 19.5. The molecule has 0 amide bonds. The molecule has 0 aliphatic heterocycles. The van der Waals surface area contributed by atoms with Gasteiger partial charge in [-0.2, -0.15) is 15.0 Å². The van der Waals surface area contributed by atoms with Crippen LogP contribution in [-0.4, -0.2) is 66.2 Å². The quantitative estimate of drug-likeness (QED) is 0.0827. The predicted molar refractivity (Wildman–Crippen MR) is 150 cm³/mol. The molecule has 0 atom stereocenters. The number of hydrogen-bond acceptors (Lipinski definition) is 13. The first-order valence-corrected chi connectivity index (χ1v) is 14.8. The topological polar surface area (TPSA) is 201 Å². The number of likely N-dealkylation sites (N-methyl/N-ethyl adjacent to an activating group) is 1. The Morgan fingerprint density at radius 2 is 1.37 bits per heavy atom. The molecule has 43 heavy (non-hydrogen) atoms. The maximum absolute atomic E-state index is 12.1. The Balaban J connectivity index is 0.00000323. The Morgan fingerprint density at radius 3 is 2.00 bits per heavy atom. The third kappa shape index (κ3) is 10.1. The van der Waals surface area contributed by atoms with E-state index in [1.54, 1.807) is 36.2 Å². The fraction of sp³-hybridized carbons (Fsp3) is 0.115. The molecule has 3 N–H and O–H groups in total. The maximum atomic E-state index is 12.1. The second kappa shape index (κ2) is 16.1. The zero-order chi connectivity index (χ0) is 29.6. The van der Waals surface area contributed by atoms with E-state index in [0.717, 1.165) is 12.1 Å². The number of rotatable bonds is 11. The molecule has 1 heterocycles. The summed E-state index contributed by atoms with van der Waals surface area (Å²) in [6.07, 6.45) is 1.21. The maximum Gasteiger partial charge on any atom is 1.00 e. The summed E-state index contributed by atoms with van der Waals surface area (Å²) >= 11 is 0. The van der Waals surface area contributed by atoms with Gasteiger partial charge in [-0.25, -0.2) is 16.8 Å². The summed E-state index contributed by atoms with van der Waals surface area (Å²) in [6.45, 7) is -0.0321. The van der Waals surface area contributed by atoms with E-state index in [0.29, 0.717) is 5.69 Å². The smallest absolute Gasteiger partial charge is 0.744 e. The van der Waals surface area contributed by atoms with E-state index in [2.05, 4.69) is 25.6 Å². The van der Waals surface area contributed by atoms with Crippen LogP contribution in [0.25, 0.3) is 11.8 Å². The normalized spacial score (nSPS) is 11.6. The molecule has 1 aromatic heterocycles. The third-order valence-corrected chi connectivity index (χ3v) is 7.42. The van der Waals surface area contributed by atoms with E-state index < -0.39 is 30.0 Å². The van der Waals surface area contributed by atoms with Gasteiger partial charge in [-0.3, -0.25) is 0 Å². The van der Waals surface area contributed by atoms with Crippen molar-refractivity contribution in [2.45, 2.75) is 9.79 Å². The second-order valence-electron chi connectivity index (χ2n) is 8.54. The molecule has 214 valence electrons. The first-order valence-electron chi connectivity index (χ1n) is 11.9. The van der Waals surface area contributed by atoms with Crippen molar-refractivity contribution in [2.24, 2.45) is 0 Å². The molecule has 0 aliphatic rings. The average Bonchev–Trinajstić information content (AvgIpc) is 2.92. The number of aliphatic hydroxyl groups excluding tert-OH is 1. The molecule has 0 spiro atoms. The number of aliphatic hydroxyl groups is 1. The second-order valence-corrected chi connectivity index (χ2v) is 11.2. The predicted octanol–water partition coefficient (Wildman–Crippen LogP) is -3.53. The minimum Gasteiger partial charge on any atom is -0.744 e. The van der Waals surface area contributed by atoms with Gasteiger partial charge in [-0.05, 0) is 35.9 Å². The SMILES string of the molecule is CN(CCO)c1nc(NC(=Cc2ccccc2S(=O)(=O)[O-])c2ccccc2S(=O)(=O)[O-])nc(Nc2ccccc2)n1.[Na+].[Na+]. The fourth-order valence-corrected chi connectivity index (χ4v) is 5.09. The van der Waals surface area contributed by atoms with Gasteiger partial charge in [-0.15, -0.1) is 0 Å². The molecule has 13 nitrogen and oxygen atoms in total. The van der Waals surface area contributed by atoms with Gasteiger partial charge in [0.1, 0.15) is 20.2 Å². The van der Waals surface area contributed by atoms with Gasteiger partial charge in [0.25, 0.3) is 0 Å². The van der Waals surface area contributed by atoms with E-state index in [1.165, 1.54) is 42.5 Å². The van der Waals surface area contributed by atoms with Crippen LogP contribution < -0.4 is 74.6 Å². The minimum atomic E-state index is -4.99. The van der Waals surface area contributed by atoms with E-state index in [1.807, 2.05) is 6.07 Å². The van der Waals surface area contributed by atoms with Crippen LogP contribution in [0.15, 0.2) is 88.7 Å². The molecule has 0 unspecified atom stereocenters. The average molecular weight is 643 g/mol. The van der Waals surface area contributed by atoms with Gasteiger partial charge in [-0.1, -0.05) is 54.6 Å². The number of nitrogens with zero attached hydrogens (tertiary/aromatic N) is 4. The largest absolute Gasteiger partial charge is 1.00 e. The number of nitrogens with one attached hydrogen (secondary N) is 2. The van der Waals surface area contributed by atoms with Crippen LogP contribution >= 0.6 is 0 Å². The fourth-order valence-electron chi connectivity index (χ4n) is 3.74. The summed E-state index contributed by atoms with van der Waals surface area (Å²) in [5.41, 5.74) is 0.360. The van der Waals surface area contributed by atoms with E-state index in [9.17, 15) is 31.0 Å². The molecule has 0 bridgehead atoms. The van der Waals surface area contributed by atoms with Gasteiger partial charge >= 0.3 is 59.1 Å². The Hall–Kier alpha value is -2.41. The monoisotopic (exact) mass is 642 g/mol. The van der Waals surface area contributed by atoms with Gasteiger partial charge in [0, 0.05) is 24.8 Å². The van der Waals surface area contributed by atoms with Gasteiger partial charge in [0.15, 0.2) is 0 Å². The van der Waals surface area contributed by atoms with Crippen LogP contribution in [0.1, 0.15) is 11.1 Å². The van der Waals surface area contributed by atoms with Crippen molar-refractivity contribution in [2.75, 3.05) is 35.7 Å². The zero-order valence-corrected chi connectivity index (χ0v) is 29.1. The molecule has 0 aliphatic carbocycles. The van der Waals surface area contributed by atoms with Crippen molar-refractivity contribution in [1.82, 2.24) is 15.0 Å². The number of aromatic nitrogens is 3. The van der Waals surface area contributed by atoms with E-state index >= 15 is 0 Å². The summed E-state index contributed by atoms with van der Waals surface area (Å²) < 4.78 is 72.2. The molecule has 0 fully saturated rings. The van der Waals surface area contributed by atoms with Crippen molar-refractivity contribution < 1.29 is 90.2 Å². The van der Waals surface area contributed by atoms with Crippen LogP contribution in [-0.2, 0) is 20.2 Å². The van der Waals surface area contributed by atoms with Crippen LogP contribution in [0.4, 0.5) is 23.5 Å². The first-order chi connectivity index (χ1) is 19.5. The Morgan fingerprint density at radius 1 is 0.814 bits per heavy atom. The molecule has 3 aromatic carbocycles. The van der Waals surface area contributed by atoms with E-state index in [4.69, 9.17) is 0 Å². The Bertz CT molecular complexity index is 1790.